The molecule has 1 heterocycles. The van der Waals surface area contributed by atoms with E-state index in [1.165, 1.54) is 44.9 Å². The zero-order valence-corrected chi connectivity index (χ0v) is 19.5. The monoisotopic (exact) mass is 442 g/mol. The third kappa shape index (κ3) is 5.53. The molecule has 0 spiro atoms. The molecule has 1 aliphatic rings. The van der Waals surface area contributed by atoms with Crippen molar-refractivity contribution in [2.45, 2.75) is 50.0 Å². The molecule has 1 fully saturated rings. The van der Waals surface area contributed by atoms with Crippen molar-refractivity contribution in [1.29, 1.82) is 5.26 Å². The van der Waals surface area contributed by atoms with Gasteiger partial charge in [0.05, 0.1) is 18.4 Å². The lowest BCUT2D eigenvalue weighted by molar-refractivity contribution is 0.337. The van der Waals surface area contributed by atoms with Crippen LogP contribution in [0, 0.1) is 17.2 Å². The van der Waals surface area contributed by atoms with Crippen LogP contribution in [0.15, 0.2) is 65.7 Å². The highest BCUT2D eigenvalue weighted by molar-refractivity contribution is 7.99. The fourth-order valence-electron chi connectivity index (χ4n) is 4.51. The largest absolute Gasteiger partial charge is 0.497 e. The van der Waals surface area contributed by atoms with Gasteiger partial charge in [0.15, 0.2) is 0 Å². The molecule has 3 nitrogen and oxygen atoms in total. The molecule has 3 aromatic rings. The Balaban J connectivity index is 1.61. The number of hydrogen-bond donors (Lipinski definition) is 0. The number of pyridine rings is 1. The number of nitriles is 1. The summed E-state index contributed by atoms with van der Waals surface area (Å²) in [6, 6.07) is 22.6. The number of ether oxygens (including phenoxy) is 1. The maximum absolute atomic E-state index is 10.0. The van der Waals surface area contributed by atoms with Crippen LogP contribution in [-0.4, -0.2) is 17.8 Å². The molecule has 0 N–H and O–H groups in total. The number of rotatable bonds is 8. The van der Waals surface area contributed by atoms with Gasteiger partial charge in [-0.1, -0.05) is 62.4 Å². The molecule has 164 valence electrons. The summed E-state index contributed by atoms with van der Waals surface area (Å²) in [6.07, 6.45) is 9.43. The number of benzene rings is 2. The Kier molecular flexibility index (Phi) is 7.85. The van der Waals surface area contributed by atoms with E-state index < -0.39 is 0 Å². The van der Waals surface area contributed by atoms with E-state index in [4.69, 9.17) is 9.72 Å². The molecule has 0 aliphatic heterocycles. The molecule has 4 heteroatoms. The molecule has 1 aliphatic carbocycles. The standard InChI is InChI=1S/C28H30N2OS/c1-31-24-16-14-23(15-17-24)27-19-25(22-12-6-3-7-13-22)26(20-29)28(30-27)32-18-8-11-21-9-4-2-5-10-21/h3,6-7,12-17,19,21H,2,4-5,8-11,18H2,1H3. The van der Waals surface area contributed by atoms with Crippen molar-refractivity contribution in [3.63, 3.8) is 0 Å². The van der Waals surface area contributed by atoms with Crippen molar-refractivity contribution in [3.8, 4) is 34.2 Å². The second kappa shape index (κ2) is 11.2. The van der Waals surface area contributed by atoms with Crippen LogP contribution in [-0.2, 0) is 0 Å². The van der Waals surface area contributed by atoms with Crippen LogP contribution in [0.2, 0.25) is 0 Å². The van der Waals surface area contributed by atoms with Crippen LogP contribution in [0.1, 0.15) is 50.5 Å². The minimum atomic E-state index is 0.677. The van der Waals surface area contributed by atoms with Crippen LogP contribution in [0.3, 0.4) is 0 Å². The van der Waals surface area contributed by atoms with E-state index in [2.05, 4.69) is 18.2 Å². The lowest BCUT2D eigenvalue weighted by atomic mass is 9.86. The van der Waals surface area contributed by atoms with Gasteiger partial charge in [0.25, 0.3) is 0 Å². The minimum Gasteiger partial charge on any atom is -0.497 e. The third-order valence-electron chi connectivity index (χ3n) is 6.29. The predicted molar refractivity (Wildman–Crippen MR) is 133 cm³/mol. The highest BCUT2D eigenvalue weighted by Crippen LogP contribution is 2.35. The first-order valence-corrected chi connectivity index (χ1v) is 12.5. The summed E-state index contributed by atoms with van der Waals surface area (Å²) >= 11 is 1.73. The number of aromatic nitrogens is 1. The quantitative estimate of drug-likeness (QED) is 0.264. The Morgan fingerprint density at radius 1 is 1.00 bits per heavy atom. The highest BCUT2D eigenvalue weighted by atomic mass is 32.2. The summed E-state index contributed by atoms with van der Waals surface area (Å²) in [6.45, 7) is 0. The Labute approximate surface area is 195 Å². The van der Waals surface area contributed by atoms with Crippen molar-refractivity contribution < 1.29 is 4.74 Å². The summed E-state index contributed by atoms with van der Waals surface area (Å²) in [5.74, 6) is 2.71. The molecule has 0 bridgehead atoms. The first-order chi connectivity index (χ1) is 15.8. The van der Waals surface area contributed by atoms with Crippen molar-refractivity contribution >= 4 is 11.8 Å². The molecular formula is C28H30N2OS. The molecule has 32 heavy (non-hydrogen) atoms. The summed E-state index contributed by atoms with van der Waals surface area (Å²) in [5.41, 5.74) is 4.59. The van der Waals surface area contributed by atoms with Gasteiger partial charge in [-0.2, -0.15) is 5.26 Å². The molecule has 0 unspecified atom stereocenters. The lowest BCUT2D eigenvalue weighted by Crippen LogP contribution is -2.06. The van der Waals surface area contributed by atoms with Gasteiger partial charge in [0.2, 0.25) is 0 Å². The number of methoxy groups -OCH3 is 1. The van der Waals surface area contributed by atoms with E-state index in [0.717, 1.165) is 44.8 Å². The summed E-state index contributed by atoms with van der Waals surface area (Å²) < 4.78 is 5.31. The Morgan fingerprint density at radius 3 is 2.44 bits per heavy atom. The molecule has 0 atom stereocenters. The molecule has 0 radical (unpaired) electrons. The number of thioether (sulfide) groups is 1. The van der Waals surface area contributed by atoms with E-state index in [9.17, 15) is 5.26 Å². The van der Waals surface area contributed by atoms with Gasteiger partial charge in [-0.25, -0.2) is 4.98 Å². The topological polar surface area (TPSA) is 45.9 Å². The molecule has 0 amide bonds. The SMILES string of the molecule is COc1ccc(-c2cc(-c3ccccc3)c(C#N)c(SCCCC3CCCCC3)n2)cc1. The summed E-state index contributed by atoms with van der Waals surface area (Å²) in [5, 5.41) is 10.9. The normalized spacial score (nSPS) is 14.1. The van der Waals surface area contributed by atoms with Crippen LogP contribution in [0.5, 0.6) is 5.75 Å². The van der Waals surface area contributed by atoms with Crippen LogP contribution >= 0.6 is 11.8 Å². The maximum Gasteiger partial charge on any atom is 0.118 e. The fraction of sp³-hybridized carbons (Fsp3) is 0.357. The van der Waals surface area contributed by atoms with E-state index in [-0.39, 0.29) is 0 Å². The second-order valence-electron chi connectivity index (χ2n) is 8.44. The smallest absolute Gasteiger partial charge is 0.118 e. The van der Waals surface area contributed by atoms with Crippen LogP contribution < -0.4 is 4.74 Å². The Morgan fingerprint density at radius 2 is 1.75 bits per heavy atom. The van der Waals surface area contributed by atoms with E-state index in [1.54, 1.807) is 18.9 Å². The summed E-state index contributed by atoms with van der Waals surface area (Å²) in [4.78, 5) is 4.94. The molecule has 1 saturated carbocycles. The van der Waals surface area contributed by atoms with Gasteiger partial charge in [0, 0.05) is 11.1 Å². The number of nitrogens with zero attached hydrogens (tertiary/aromatic N) is 2. The third-order valence-corrected chi connectivity index (χ3v) is 7.35. The Hall–Kier alpha value is -2.77. The average Bonchev–Trinajstić information content (AvgIpc) is 2.87. The molecule has 4 rings (SSSR count). The summed E-state index contributed by atoms with van der Waals surface area (Å²) in [7, 11) is 1.67. The van der Waals surface area contributed by atoms with E-state index >= 15 is 0 Å². The van der Waals surface area contributed by atoms with Gasteiger partial charge >= 0.3 is 0 Å². The van der Waals surface area contributed by atoms with Crippen molar-refractivity contribution in [3.05, 3.63) is 66.2 Å². The minimum absolute atomic E-state index is 0.677. The van der Waals surface area contributed by atoms with Crippen molar-refractivity contribution in [2.24, 2.45) is 5.92 Å². The Bertz CT molecular complexity index is 1050. The second-order valence-corrected chi connectivity index (χ2v) is 9.52. The van der Waals surface area contributed by atoms with Gasteiger partial charge in [-0.15, -0.1) is 11.8 Å². The van der Waals surface area contributed by atoms with E-state index in [0.29, 0.717) is 5.56 Å². The maximum atomic E-state index is 10.0. The molecule has 1 aromatic heterocycles. The van der Waals surface area contributed by atoms with E-state index in [1.807, 2.05) is 48.5 Å². The van der Waals surface area contributed by atoms with Crippen molar-refractivity contribution in [2.75, 3.05) is 12.9 Å². The molecule has 0 saturated heterocycles. The fourth-order valence-corrected chi connectivity index (χ4v) is 5.47. The lowest BCUT2D eigenvalue weighted by Gasteiger charge is -2.21. The van der Waals surface area contributed by atoms with Crippen LogP contribution in [0.4, 0.5) is 0 Å². The van der Waals surface area contributed by atoms with Gasteiger partial charge < -0.3 is 4.74 Å². The average molecular weight is 443 g/mol. The van der Waals surface area contributed by atoms with Gasteiger partial charge in [-0.05, 0) is 60.4 Å². The zero-order chi connectivity index (χ0) is 22.2. The zero-order valence-electron chi connectivity index (χ0n) is 18.7. The highest BCUT2D eigenvalue weighted by Gasteiger charge is 2.17. The number of hydrogen-bond acceptors (Lipinski definition) is 4. The molecular weight excluding hydrogens is 412 g/mol. The van der Waals surface area contributed by atoms with Gasteiger partial charge in [0.1, 0.15) is 16.8 Å². The predicted octanol–water partition coefficient (Wildman–Crippen LogP) is 7.75. The first-order valence-electron chi connectivity index (χ1n) is 11.6. The van der Waals surface area contributed by atoms with Gasteiger partial charge in [-0.3, -0.25) is 0 Å². The molecule has 2 aromatic carbocycles. The van der Waals surface area contributed by atoms with Crippen molar-refractivity contribution in [1.82, 2.24) is 4.98 Å². The van der Waals surface area contributed by atoms with Crippen LogP contribution in [0.25, 0.3) is 22.4 Å². The first kappa shape index (κ1) is 22.4.